The quantitative estimate of drug-likeness (QED) is 0.787. The third-order valence-corrected chi connectivity index (χ3v) is 3.58. The van der Waals surface area contributed by atoms with Gasteiger partial charge in [-0.2, -0.15) is 5.10 Å². The monoisotopic (exact) mass is 279 g/mol. The van der Waals surface area contributed by atoms with Gasteiger partial charge in [-0.15, -0.1) is 11.3 Å². The van der Waals surface area contributed by atoms with E-state index < -0.39 is 0 Å². The predicted octanol–water partition coefficient (Wildman–Crippen LogP) is 2.21. The van der Waals surface area contributed by atoms with Crippen molar-refractivity contribution in [2.45, 2.75) is 26.7 Å². The molecule has 0 N–H and O–H groups in total. The zero-order valence-corrected chi connectivity index (χ0v) is 12.2. The van der Waals surface area contributed by atoms with Gasteiger partial charge in [-0.25, -0.2) is 4.98 Å². The molecule has 0 aliphatic heterocycles. The number of carbonyl (C=O) groups is 1. The normalized spacial score (nSPS) is 10.7. The van der Waals surface area contributed by atoms with Gasteiger partial charge in [0.15, 0.2) is 0 Å². The van der Waals surface area contributed by atoms with Crippen molar-refractivity contribution in [3.8, 4) is 10.6 Å². The number of aromatic nitrogens is 3. The first-order valence-corrected chi connectivity index (χ1v) is 7.14. The molecule has 5 nitrogen and oxygen atoms in total. The molecule has 0 fully saturated rings. The molecule has 6 heteroatoms. The van der Waals surface area contributed by atoms with Crippen LogP contribution in [-0.4, -0.2) is 27.3 Å². The molecule has 0 atom stereocenters. The second kappa shape index (κ2) is 5.97. The zero-order valence-electron chi connectivity index (χ0n) is 11.3. The predicted molar refractivity (Wildman–Crippen MR) is 74.0 cm³/mol. The topological polar surface area (TPSA) is 57.0 Å². The van der Waals surface area contributed by atoms with Gasteiger partial charge >= 0.3 is 5.97 Å². The second-order valence-electron chi connectivity index (χ2n) is 4.14. The van der Waals surface area contributed by atoms with Crippen LogP contribution in [0.5, 0.6) is 0 Å². The minimum atomic E-state index is -0.235. The number of ether oxygens (including phenoxy) is 1. The molecule has 102 valence electrons. The Balaban J connectivity index is 2.18. The molecule has 0 spiro atoms. The number of carbonyl (C=O) groups excluding carboxylic acids is 1. The number of aryl methyl sites for hydroxylation is 2. The smallest absolute Gasteiger partial charge is 0.311 e. The lowest BCUT2D eigenvalue weighted by atomic mass is 10.2. The highest BCUT2D eigenvalue weighted by Crippen LogP contribution is 2.27. The maximum Gasteiger partial charge on any atom is 0.311 e. The maximum absolute atomic E-state index is 11.4. The van der Waals surface area contributed by atoms with Crippen molar-refractivity contribution < 1.29 is 9.53 Å². The van der Waals surface area contributed by atoms with Crippen molar-refractivity contribution in [2.75, 3.05) is 6.61 Å². The Kier molecular flexibility index (Phi) is 4.31. The summed E-state index contributed by atoms with van der Waals surface area (Å²) in [4.78, 5) is 15.9. The summed E-state index contributed by atoms with van der Waals surface area (Å²) in [6, 6.07) is 0. The molecule has 19 heavy (non-hydrogen) atoms. The first-order chi connectivity index (χ1) is 9.13. The van der Waals surface area contributed by atoms with Crippen LogP contribution in [0.4, 0.5) is 0 Å². The van der Waals surface area contributed by atoms with Crippen LogP contribution in [0.1, 0.15) is 25.2 Å². The summed E-state index contributed by atoms with van der Waals surface area (Å²) in [6.45, 7) is 4.27. The SMILES string of the molecule is CCOC(=O)Cc1csc(-c2cn(C)nc2CC)n1. The molecule has 0 unspecified atom stereocenters. The van der Waals surface area contributed by atoms with Gasteiger partial charge in [-0.3, -0.25) is 9.48 Å². The van der Waals surface area contributed by atoms with Crippen LogP contribution in [0.2, 0.25) is 0 Å². The third kappa shape index (κ3) is 3.20. The minimum Gasteiger partial charge on any atom is -0.466 e. The maximum atomic E-state index is 11.4. The summed E-state index contributed by atoms with van der Waals surface area (Å²) in [6.07, 6.45) is 3.06. The van der Waals surface area contributed by atoms with Crippen LogP contribution in [-0.2, 0) is 29.4 Å². The Hall–Kier alpha value is -1.69. The molecule has 0 saturated carbocycles. The van der Waals surface area contributed by atoms with Gasteiger partial charge in [0.2, 0.25) is 0 Å². The third-order valence-electron chi connectivity index (χ3n) is 2.65. The van der Waals surface area contributed by atoms with E-state index in [9.17, 15) is 4.79 Å². The van der Waals surface area contributed by atoms with Gasteiger partial charge in [-0.05, 0) is 13.3 Å². The van der Waals surface area contributed by atoms with Gasteiger partial charge in [0, 0.05) is 18.6 Å². The minimum absolute atomic E-state index is 0.228. The second-order valence-corrected chi connectivity index (χ2v) is 5.00. The van der Waals surface area contributed by atoms with Crippen LogP contribution < -0.4 is 0 Å². The first-order valence-electron chi connectivity index (χ1n) is 6.27. The highest BCUT2D eigenvalue weighted by atomic mass is 32.1. The van der Waals surface area contributed by atoms with Crippen molar-refractivity contribution in [1.29, 1.82) is 0 Å². The Morgan fingerprint density at radius 3 is 2.95 bits per heavy atom. The Morgan fingerprint density at radius 1 is 1.47 bits per heavy atom. The molecule has 0 aromatic carbocycles. The Morgan fingerprint density at radius 2 is 2.26 bits per heavy atom. The Bertz CT molecular complexity index is 574. The summed E-state index contributed by atoms with van der Waals surface area (Å²) in [5.41, 5.74) is 2.83. The van der Waals surface area contributed by atoms with E-state index in [2.05, 4.69) is 17.0 Å². The number of hydrogen-bond donors (Lipinski definition) is 0. The summed E-state index contributed by atoms with van der Waals surface area (Å²) < 4.78 is 6.71. The van der Waals surface area contributed by atoms with E-state index in [1.165, 1.54) is 11.3 Å². The average molecular weight is 279 g/mol. The lowest BCUT2D eigenvalue weighted by molar-refractivity contribution is -0.142. The molecule has 0 amide bonds. The first kappa shape index (κ1) is 13.7. The molecule has 0 aliphatic rings. The van der Waals surface area contributed by atoms with E-state index in [0.29, 0.717) is 6.61 Å². The number of thiazole rings is 1. The number of nitrogens with zero attached hydrogens (tertiary/aromatic N) is 3. The molecule has 0 aliphatic carbocycles. The van der Waals surface area contributed by atoms with Crippen molar-refractivity contribution in [3.05, 3.63) is 23.0 Å². The fraction of sp³-hybridized carbons (Fsp3) is 0.462. The number of esters is 1. The molecule has 2 aromatic heterocycles. The van der Waals surface area contributed by atoms with E-state index in [-0.39, 0.29) is 12.4 Å². The van der Waals surface area contributed by atoms with E-state index in [1.807, 2.05) is 18.6 Å². The van der Waals surface area contributed by atoms with Crippen LogP contribution in [0, 0.1) is 0 Å². The average Bonchev–Trinajstić information content (AvgIpc) is 2.95. The fourth-order valence-electron chi connectivity index (χ4n) is 1.85. The highest BCUT2D eigenvalue weighted by molar-refractivity contribution is 7.13. The lowest BCUT2D eigenvalue weighted by Gasteiger charge is -1.98. The van der Waals surface area contributed by atoms with E-state index in [0.717, 1.165) is 28.4 Å². The Labute approximate surface area is 116 Å². The largest absolute Gasteiger partial charge is 0.466 e. The van der Waals surface area contributed by atoms with Crippen molar-refractivity contribution in [2.24, 2.45) is 7.05 Å². The van der Waals surface area contributed by atoms with Crippen LogP contribution in [0.3, 0.4) is 0 Å². The van der Waals surface area contributed by atoms with Gasteiger partial charge in [0.25, 0.3) is 0 Å². The number of hydrogen-bond acceptors (Lipinski definition) is 5. The van der Waals surface area contributed by atoms with Gasteiger partial charge < -0.3 is 4.74 Å². The van der Waals surface area contributed by atoms with Crippen molar-refractivity contribution in [1.82, 2.24) is 14.8 Å². The summed E-state index contributed by atoms with van der Waals surface area (Å²) in [5.74, 6) is -0.235. The molecule has 2 aromatic rings. The molecule has 2 heterocycles. The molecule has 0 saturated heterocycles. The summed E-state index contributed by atoms with van der Waals surface area (Å²) in [5, 5.41) is 7.21. The van der Waals surface area contributed by atoms with Gasteiger partial charge in [0.1, 0.15) is 5.01 Å². The molecular formula is C13H17N3O2S. The molecule has 0 radical (unpaired) electrons. The molecular weight excluding hydrogens is 262 g/mol. The standard InChI is InChI=1S/C13H17N3O2S/c1-4-11-10(7-16(3)15-11)13-14-9(8-19-13)6-12(17)18-5-2/h7-8H,4-6H2,1-3H3. The van der Waals surface area contributed by atoms with Crippen LogP contribution in [0.15, 0.2) is 11.6 Å². The van der Waals surface area contributed by atoms with Crippen LogP contribution >= 0.6 is 11.3 Å². The zero-order chi connectivity index (χ0) is 13.8. The van der Waals surface area contributed by atoms with Crippen LogP contribution in [0.25, 0.3) is 10.6 Å². The van der Waals surface area contributed by atoms with E-state index in [1.54, 1.807) is 11.6 Å². The number of rotatable bonds is 5. The van der Waals surface area contributed by atoms with Gasteiger partial charge in [-0.1, -0.05) is 6.92 Å². The summed E-state index contributed by atoms with van der Waals surface area (Å²) >= 11 is 1.53. The molecule has 0 bridgehead atoms. The van der Waals surface area contributed by atoms with E-state index in [4.69, 9.17) is 4.74 Å². The van der Waals surface area contributed by atoms with Crippen molar-refractivity contribution >= 4 is 17.3 Å². The molecule has 2 rings (SSSR count). The van der Waals surface area contributed by atoms with Gasteiger partial charge in [0.05, 0.1) is 30.0 Å². The fourth-order valence-corrected chi connectivity index (χ4v) is 2.70. The van der Waals surface area contributed by atoms with Crippen molar-refractivity contribution in [3.63, 3.8) is 0 Å². The van der Waals surface area contributed by atoms with E-state index >= 15 is 0 Å². The summed E-state index contributed by atoms with van der Waals surface area (Å²) in [7, 11) is 1.90. The lowest BCUT2D eigenvalue weighted by Crippen LogP contribution is -2.07. The highest BCUT2D eigenvalue weighted by Gasteiger charge is 2.14.